The molecule has 1 unspecified atom stereocenters. The minimum atomic E-state index is -0.562. The predicted molar refractivity (Wildman–Crippen MR) is 114 cm³/mol. The van der Waals surface area contributed by atoms with E-state index in [0.29, 0.717) is 37.5 Å². The van der Waals surface area contributed by atoms with Crippen LogP contribution in [0.4, 0.5) is 4.39 Å². The van der Waals surface area contributed by atoms with Gasteiger partial charge in [-0.25, -0.2) is 13.9 Å². The van der Waals surface area contributed by atoms with Crippen LogP contribution in [0.25, 0.3) is 0 Å². The Hall–Kier alpha value is -3.13. The minimum absolute atomic E-state index is 0.0973. The number of nitrogens with zero attached hydrogens (tertiary/aromatic N) is 3. The van der Waals surface area contributed by atoms with Crippen LogP contribution in [0.15, 0.2) is 47.3 Å². The van der Waals surface area contributed by atoms with E-state index >= 15 is 0 Å². The molecule has 7 nitrogen and oxygen atoms in total. The van der Waals surface area contributed by atoms with Gasteiger partial charge < -0.3 is 10.1 Å². The Labute approximate surface area is 183 Å². The lowest BCUT2D eigenvalue weighted by Gasteiger charge is -2.21. The van der Waals surface area contributed by atoms with E-state index in [2.05, 4.69) is 10.4 Å². The maximum atomic E-state index is 14.2. The number of amides is 1. The van der Waals surface area contributed by atoms with Gasteiger partial charge in [-0.3, -0.25) is 9.36 Å². The number of para-hydroxylation sites is 1. The summed E-state index contributed by atoms with van der Waals surface area (Å²) < 4.78 is 22.2. The van der Waals surface area contributed by atoms with Crippen molar-refractivity contribution in [3.8, 4) is 5.75 Å². The van der Waals surface area contributed by atoms with Crippen molar-refractivity contribution < 1.29 is 13.9 Å². The Morgan fingerprint density at radius 2 is 2.10 bits per heavy atom. The van der Waals surface area contributed by atoms with E-state index in [1.807, 2.05) is 24.3 Å². The number of fused-ring (bicyclic) bond motifs is 1. The lowest BCUT2D eigenvalue weighted by Crippen LogP contribution is -2.35. The van der Waals surface area contributed by atoms with Gasteiger partial charge in [0.1, 0.15) is 17.4 Å². The third-order valence-corrected chi connectivity index (χ3v) is 5.82. The van der Waals surface area contributed by atoms with Crippen LogP contribution in [0.2, 0.25) is 5.02 Å². The number of rotatable bonds is 6. The number of carbonyl (C=O) groups is 1. The topological polar surface area (TPSA) is 78.2 Å². The van der Waals surface area contributed by atoms with Crippen LogP contribution >= 0.6 is 11.6 Å². The zero-order valence-corrected chi connectivity index (χ0v) is 17.7. The summed E-state index contributed by atoms with van der Waals surface area (Å²) in [6.07, 6.45) is 1.25. The lowest BCUT2D eigenvalue weighted by molar-refractivity contribution is -0.123. The molecule has 1 aromatic heterocycles. The summed E-state index contributed by atoms with van der Waals surface area (Å²) in [5.41, 5.74) is 0.668. The average Bonchev–Trinajstić information content (AvgIpc) is 3.10. The second-order valence-electron chi connectivity index (χ2n) is 7.37. The first-order valence-electron chi connectivity index (χ1n) is 9.99. The summed E-state index contributed by atoms with van der Waals surface area (Å²) in [7, 11) is 1.58. The summed E-state index contributed by atoms with van der Waals surface area (Å²) in [5.74, 6) is -0.200. The van der Waals surface area contributed by atoms with E-state index in [4.69, 9.17) is 16.3 Å². The molecule has 1 atom stereocenters. The van der Waals surface area contributed by atoms with E-state index in [-0.39, 0.29) is 28.7 Å². The highest BCUT2D eigenvalue weighted by molar-refractivity contribution is 6.31. The summed E-state index contributed by atoms with van der Waals surface area (Å²) in [6.45, 7) is 0.671. The van der Waals surface area contributed by atoms with Crippen molar-refractivity contribution in [3.05, 3.63) is 80.7 Å². The van der Waals surface area contributed by atoms with Gasteiger partial charge in [0.15, 0.2) is 0 Å². The number of hydrogen-bond acceptors (Lipinski definition) is 4. The molecule has 0 saturated heterocycles. The molecule has 0 spiro atoms. The molecule has 2 heterocycles. The van der Waals surface area contributed by atoms with E-state index in [0.717, 1.165) is 5.56 Å². The molecule has 31 heavy (non-hydrogen) atoms. The molecule has 0 bridgehead atoms. The molecule has 1 N–H and O–H groups in total. The first kappa shape index (κ1) is 21.1. The zero-order chi connectivity index (χ0) is 22.0. The molecule has 3 aromatic rings. The van der Waals surface area contributed by atoms with Gasteiger partial charge in [-0.1, -0.05) is 35.9 Å². The van der Waals surface area contributed by atoms with Crippen molar-refractivity contribution in [1.29, 1.82) is 0 Å². The van der Waals surface area contributed by atoms with Gasteiger partial charge >= 0.3 is 5.69 Å². The Balaban J connectivity index is 1.56. The molecule has 162 valence electrons. The third-order valence-electron chi connectivity index (χ3n) is 5.47. The van der Waals surface area contributed by atoms with Crippen LogP contribution in [-0.4, -0.2) is 27.4 Å². The van der Waals surface area contributed by atoms with Crippen molar-refractivity contribution in [2.75, 3.05) is 7.11 Å². The second kappa shape index (κ2) is 8.93. The molecule has 2 aromatic carbocycles. The van der Waals surface area contributed by atoms with Gasteiger partial charge in [-0.05, 0) is 31.0 Å². The molecule has 1 amide bonds. The molecule has 0 radical (unpaired) electrons. The van der Waals surface area contributed by atoms with E-state index in [9.17, 15) is 14.0 Å². The Bertz CT molecular complexity index is 1150. The van der Waals surface area contributed by atoms with Crippen molar-refractivity contribution in [3.63, 3.8) is 0 Å². The molecule has 0 fully saturated rings. The number of benzene rings is 2. The first-order valence-corrected chi connectivity index (χ1v) is 10.4. The largest absolute Gasteiger partial charge is 0.496 e. The Morgan fingerprint density at radius 3 is 2.87 bits per heavy atom. The SMILES string of the molecule is COc1ccccc1CNC(=O)C1CCCn2c1nn(Cc1c(F)cccc1Cl)c2=O. The van der Waals surface area contributed by atoms with Gasteiger partial charge in [0.2, 0.25) is 5.91 Å². The summed E-state index contributed by atoms with van der Waals surface area (Å²) in [4.78, 5) is 25.7. The fourth-order valence-corrected chi connectivity index (χ4v) is 4.07. The molecule has 0 saturated carbocycles. The highest BCUT2D eigenvalue weighted by Gasteiger charge is 2.31. The van der Waals surface area contributed by atoms with Crippen molar-refractivity contribution in [1.82, 2.24) is 19.7 Å². The van der Waals surface area contributed by atoms with Crippen LogP contribution in [0.1, 0.15) is 35.7 Å². The van der Waals surface area contributed by atoms with Gasteiger partial charge in [0, 0.05) is 29.2 Å². The summed E-state index contributed by atoms with van der Waals surface area (Å²) >= 11 is 6.10. The van der Waals surface area contributed by atoms with Gasteiger partial charge in [-0.15, -0.1) is 0 Å². The van der Waals surface area contributed by atoms with Crippen LogP contribution < -0.4 is 15.7 Å². The maximum Gasteiger partial charge on any atom is 0.346 e. The second-order valence-corrected chi connectivity index (χ2v) is 7.78. The number of ether oxygens (including phenoxy) is 1. The van der Waals surface area contributed by atoms with Crippen LogP contribution in [-0.2, 0) is 24.4 Å². The number of carbonyl (C=O) groups excluding carboxylic acids is 1. The maximum absolute atomic E-state index is 14.2. The molecule has 4 rings (SSSR count). The number of nitrogens with one attached hydrogen (secondary N) is 1. The zero-order valence-electron chi connectivity index (χ0n) is 17.0. The number of hydrogen-bond donors (Lipinski definition) is 1. The molecule has 9 heteroatoms. The minimum Gasteiger partial charge on any atom is -0.496 e. The van der Waals surface area contributed by atoms with Crippen LogP contribution in [0.5, 0.6) is 5.75 Å². The fourth-order valence-electron chi connectivity index (χ4n) is 3.85. The standard InChI is InChI=1S/C22H22ClFN4O3/c1-31-19-10-3-2-6-14(19)12-25-21(29)15-7-5-11-27-20(15)26-28(22(27)30)13-16-17(23)8-4-9-18(16)24/h2-4,6,8-10,15H,5,7,11-13H2,1H3,(H,25,29). The molecule has 1 aliphatic heterocycles. The quantitative estimate of drug-likeness (QED) is 0.633. The Morgan fingerprint density at radius 1 is 1.29 bits per heavy atom. The lowest BCUT2D eigenvalue weighted by atomic mass is 9.98. The molecule has 0 aliphatic carbocycles. The number of methoxy groups -OCH3 is 1. The summed E-state index contributed by atoms with van der Waals surface area (Å²) in [6, 6.07) is 11.8. The first-order chi connectivity index (χ1) is 15.0. The van der Waals surface area contributed by atoms with E-state index < -0.39 is 11.7 Å². The highest BCUT2D eigenvalue weighted by Crippen LogP contribution is 2.26. The highest BCUT2D eigenvalue weighted by atomic mass is 35.5. The van der Waals surface area contributed by atoms with Crippen molar-refractivity contribution in [2.45, 2.75) is 38.4 Å². The molecule has 1 aliphatic rings. The molecular weight excluding hydrogens is 423 g/mol. The average molecular weight is 445 g/mol. The van der Waals surface area contributed by atoms with Crippen molar-refractivity contribution in [2.24, 2.45) is 0 Å². The van der Waals surface area contributed by atoms with Crippen LogP contribution in [0, 0.1) is 5.82 Å². The predicted octanol–water partition coefficient (Wildman–Crippen LogP) is 3.09. The molecular formula is C22H22ClFN4O3. The van der Waals surface area contributed by atoms with Crippen molar-refractivity contribution >= 4 is 17.5 Å². The van der Waals surface area contributed by atoms with E-state index in [1.165, 1.54) is 21.4 Å². The fraction of sp³-hybridized carbons (Fsp3) is 0.318. The third kappa shape index (κ3) is 4.20. The summed E-state index contributed by atoms with van der Waals surface area (Å²) in [5, 5.41) is 7.52. The van der Waals surface area contributed by atoms with Gasteiger partial charge in [-0.2, -0.15) is 5.10 Å². The van der Waals surface area contributed by atoms with Gasteiger partial charge in [0.25, 0.3) is 0 Å². The Kier molecular flexibility index (Phi) is 6.08. The number of aromatic nitrogens is 3. The monoisotopic (exact) mass is 444 g/mol. The van der Waals surface area contributed by atoms with Gasteiger partial charge in [0.05, 0.1) is 19.6 Å². The normalized spacial score (nSPS) is 15.4. The number of halogens is 2. The van der Waals surface area contributed by atoms with Crippen LogP contribution in [0.3, 0.4) is 0 Å². The van der Waals surface area contributed by atoms with E-state index in [1.54, 1.807) is 13.2 Å². The smallest absolute Gasteiger partial charge is 0.346 e.